The van der Waals surface area contributed by atoms with Crippen molar-refractivity contribution in [1.82, 2.24) is 0 Å². The molecule has 3 aromatic rings. The molecule has 120 valence electrons. The van der Waals surface area contributed by atoms with E-state index in [1.807, 2.05) is 36.4 Å². The van der Waals surface area contributed by atoms with Crippen LogP contribution >= 0.6 is 0 Å². The second-order valence-corrected chi connectivity index (χ2v) is 6.33. The molecule has 1 fully saturated rings. The van der Waals surface area contributed by atoms with Gasteiger partial charge in [-0.2, -0.15) is 0 Å². The number of hydrogen-bond donors (Lipinski definition) is 0. The minimum Gasteiger partial charge on any atom is -0.463 e. The van der Waals surface area contributed by atoms with Crippen LogP contribution in [0.15, 0.2) is 63.8 Å². The molecule has 0 radical (unpaired) electrons. The summed E-state index contributed by atoms with van der Waals surface area (Å²) < 4.78 is 17.5. The third kappa shape index (κ3) is 1.93. The number of fused-ring (bicyclic) bond motifs is 4. The van der Waals surface area contributed by atoms with Gasteiger partial charge in [0.1, 0.15) is 11.3 Å². The number of rotatable bonds is 1. The lowest BCUT2D eigenvalue weighted by Gasteiger charge is -2.34. The lowest BCUT2D eigenvalue weighted by Crippen LogP contribution is -2.36. The van der Waals surface area contributed by atoms with Crippen molar-refractivity contribution >= 4 is 11.0 Å². The van der Waals surface area contributed by atoms with Gasteiger partial charge in [0, 0.05) is 11.8 Å². The molecule has 3 atom stereocenters. The molecule has 1 aromatic heterocycles. The SMILES string of the molecule is O=c1oc2ccccc2c2c1[C@@H](c1ccccc1)C1CCO[C@@H]1O2. The van der Waals surface area contributed by atoms with Crippen molar-refractivity contribution in [2.75, 3.05) is 6.61 Å². The van der Waals surface area contributed by atoms with Crippen LogP contribution in [-0.2, 0) is 4.74 Å². The second kappa shape index (κ2) is 5.21. The Morgan fingerprint density at radius 3 is 2.62 bits per heavy atom. The highest BCUT2D eigenvalue weighted by Gasteiger charge is 2.45. The van der Waals surface area contributed by atoms with Gasteiger partial charge in [-0.25, -0.2) is 4.79 Å². The molecule has 0 spiro atoms. The van der Waals surface area contributed by atoms with Crippen LogP contribution in [0.3, 0.4) is 0 Å². The number of benzene rings is 2. The van der Waals surface area contributed by atoms with E-state index in [0.717, 1.165) is 17.4 Å². The van der Waals surface area contributed by atoms with E-state index < -0.39 is 0 Å². The third-order valence-electron chi connectivity index (χ3n) is 5.01. The molecule has 1 unspecified atom stereocenters. The summed E-state index contributed by atoms with van der Waals surface area (Å²) in [6.45, 7) is 0.649. The van der Waals surface area contributed by atoms with Gasteiger partial charge in [0.25, 0.3) is 0 Å². The van der Waals surface area contributed by atoms with Gasteiger partial charge < -0.3 is 13.9 Å². The summed E-state index contributed by atoms with van der Waals surface area (Å²) in [6, 6.07) is 17.6. The van der Waals surface area contributed by atoms with Gasteiger partial charge >= 0.3 is 5.63 Å². The van der Waals surface area contributed by atoms with E-state index in [9.17, 15) is 4.79 Å². The summed E-state index contributed by atoms with van der Waals surface area (Å²) in [6.07, 6.45) is 0.559. The first kappa shape index (κ1) is 13.8. The van der Waals surface area contributed by atoms with E-state index in [4.69, 9.17) is 13.9 Å². The molecule has 4 nitrogen and oxygen atoms in total. The van der Waals surface area contributed by atoms with Crippen molar-refractivity contribution in [3.8, 4) is 5.75 Å². The zero-order valence-corrected chi connectivity index (χ0v) is 13.0. The van der Waals surface area contributed by atoms with Crippen LogP contribution in [0.5, 0.6) is 5.75 Å². The van der Waals surface area contributed by atoms with Crippen molar-refractivity contribution in [3.63, 3.8) is 0 Å². The molecule has 1 saturated heterocycles. The third-order valence-corrected chi connectivity index (χ3v) is 5.01. The maximum Gasteiger partial charge on any atom is 0.343 e. The molecular weight excluding hydrogens is 304 g/mol. The van der Waals surface area contributed by atoms with Gasteiger partial charge in [0.05, 0.1) is 17.6 Å². The van der Waals surface area contributed by atoms with Gasteiger partial charge in [-0.05, 0) is 24.1 Å². The molecule has 2 aromatic carbocycles. The molecule has 0 saturated carbocycles. The minimum atomic E-state index is -0.317. The smallest absolute Gasteiger partial charge is 0.343 e. The van der Waals surface area contributed by atoms with E-state index in [1.54, 1.807) is 6.07 Å². The van der Waals surface area contributed by atoms with Crippen LogP contribution in [0.4, 0.5) is 0 Å². The largest absolute Gasteiger partial charge is 0.463 e. The highest BCUT2D eigenvalue weighted by atomic mass is 16.7. The number of ether oxygens (including phenoxy) is 2. The van der Waals surface area contributed by atoms with E-state index in [1.165, 1.54) is 0 Å². The maximum atomic E-state index is 12.8. The van der Waals surface area contributed by atoms with E-state index in [0.29, 0.717) is 23.5 Å². The molecule has 4 heteroatoms. The lowest BCUT2D eigenvalue weighted by atomic mass is 9.78. The van der Waals surface area contributed by atoms with Crippen LogP contribution in [0.1, 0.15) is 23.5 Å². The maximum absolute atomic E-state index is 12.8. The molecule has 24 heavy (non-hydrogen) atoms. The van der Waals surface area contributed by atoms with Crippen molar-refractivity contribution < 1.29 is 13.9 Å². The van der Waals surface area contributed by atoms with Crippen molar-refractivity contribution in [3.05, 3.63) is 76.1 Å². The Kier molecular flexibility index (Phi) is 3.00. The zero-order valence-electron chi connectivity index (χ0n) is 13.0. The van der Waals surface area contributed by atoms with E-state index in [2.05, 4.69) is 12.1 Å². The number of hydrogen-bond acceptors (Lipinski definition) is 4. The molecule has 0 amide bonds. The lowest BCUT2D eigenvalue weighted by molar-refractivity contribution is -0.0735. The quantitative estimate of drug-likeness (QED) is 0.642. The topological polar surface area (TPSA) is 48.7 Å². The van der Waals surface area contributed by atoms with Gasteiger partial charge in [0.15, 0.2) is 0 Å². The fraction of sp³-hybridized carbons (Fsp3) is 0.250. The van der Waals surface area contributed by atoms with Crippen LogP contribution in [0, 0.1) is 5.92 Å². The van der Waals surface area contributed by atoms with E-state index in [-0.39, 0.29) is 23.8 Å². The number of para-hydroxylation sites is 1. The minimum absolute atomic E-state index is 0.0664. The fourth-order valence-electron chi connectivity index (χ4n) is 3.96. The van der Waals surface area contributed by atoms with E-state index >= 15 is 0 Å². The predicted molar refractivity (Wildman–Crippen MR) is 89.2 cm³/mol. The first-order valence-electron chi connectivity index (χ1n) is 8.22. The normalized spacial score (nSPS) is 25.1. The Morgan fingerprint density at radius 1 is 0.958 bits per heavy atom. The van der Waals surface area contributed by atoms with Gasteiger partial charge in [0.2, 0.25) is 6.29 Å². The van der Waals surface area contributed by atoms with Gasteiger partial charge in [-0.15, -0.1) is 0 Å². The summed E-state index contributed by atoms with van der Waals surface area (Å²) >= 11 is 0. The van der Waals surface area contributed by atoms with Crippen LogP contribution in [-0.4, -0.2) is 12.9 Å². The summed E-state index contributed by atoms with van der Waals surface area (Å²) in [4.78, 5) is 12.8. The van der Waals surface area contributed by atoms with Crippen LogP contribution < -0.4 is 10.4 Å². The summed E-state index contributed by atoms with van der Waals surface area (Å²) in [7, 11) is 0. The average molecular weight is 320 g/mol. The molecule has 2 aliphatic rings. The Hall–Kier alpha value is -2.59. The second-order valence-electron chi connectivity index (χ2n) is 6.33. The monoisotopic (exact) mass is 320 g/mol. The Balaban J connectivity index is 1.82. The zero-order chi connectivity index (χ0) is 16.1. The molecule has 3 heterocycles. The molecule has 0 aliphatic carbocycles. The Labute approximate surface area is 138 Å². The van der Waals surface area contributed by atoms with Gasteiger partial charge in [-0.3, -0.25) is 0 Å². The van der Waals surface area contributed by atoms with Crippen LogP contribution in [0.25, 0.3) is 11.0 Å². The Morgan fingerprint density at radius 2 is 1.75 bits per heavy atom. The van der Waals surface area contributed by atoms with Crippen molar-refractivity contribution in [1.29, 1.82) is 0 Å². The summed E-state index contributed by atoms with van der Waals surface area (Å²) in [5, 5.41) is 0.821. The molecule has 2 aliphatic heterocycles. The highest BCUT2D eigenvalue weighted by Crippen LogP contribution is 2.48. The van der Waals surface area contributed by atoms with Gasteiger partial charge in [-0.1, -0.05) is 42.5 Å². The van der Waals surface area contributed by atoms with Crippen LogP contribution in [0.2, 0.25) is 0 Å². The van der Waals surface area contributed by atoms with Crippen molar-refractivity contribution in [2.24, 2.45) is 5.92 Å². The molecular formula is C20H16O4. The first-order valence-corrected chi connectivity index (χ1v) is 8.22. The first-order chi connectivity index (χ1) is 11.8. The standard InChI is InChI=1S/C20H16O4/c21-19-17-16(12-6-2-1-3-7-12)14-10-11-22-20(14)24-18(17)13-8-4-5-9-15(13)23-19/h1-9,14,16,20H,10-11H2/t14?,16-,20+/m0/s1. The molecule has 0 N–H and O–H groups in total. The Bertz CT molecular complexity index is 960. The highest BCUT2D eigenvalue weighted by molar-refractivity contribution is 5.85. The fourth-order valence-corrected chi connectivity index (χ4v) is 3.96. The van der Waals surface area contributed by atoms with Crippen molar-refractivity contribution in [2.45, 2.75) is 18.6 Å². The molecule has 5 rings (SSSR count). The predicted octanol–water partition coefficient (Wildman–Crippen LogP) is 3.68. The molecule has 0 bridgehead atoms. The summed E-state index contributed by atoms with van der Waals surface area (Å²) in [5.41, 5.74) is 1.95. The summed E-state index contributed by atoms with van der Waals surface area (Å²) in [5.74, 6) is 0.672. The average Bonchev–Trinajstić information content (AvgIpc) is 3.09.